The molecule has 0 saturated heterocycles. The number of rotatable bonds is 4. The average Bonchev–Trinajstić information content (AvgIpc) is 2.39. The second kappa shape index (κ2) is 6.02. The molecule has 100 valence electrons. The predicted molar refractivity (Wildman–Crippen MR) is 83.1 cm³/mol. The quantitative estimate of drug-likeness (QED) is 0.892. The van der Waals surface area contributed by atoms with Gasteiger partial charge in [0.05, 0.1) is 0 Å². The van der Waals surface area contributed by atoms with E-state index in [1.165, 1.54) is 5.56 Å². The Labute approximate surface area is 121 Å². The Hall–Kier alpha value is -1.62. The lowest BCUT2D eigenvalue weighted by molar-refractivity contribution is 1.08. The summed E-state index contributed by atoms with van der Waals surface area (Å²) < 4.78 is 1.04. The van der Waals surface area contributed by atoms with Crippen LogP contribution < -0.4 is 10.6 Å². The summed E-state index contributed by atoms with van der Waals surface area (Å²) >= 11 is 3.48. The molecule has 19 heavy (non-hydrogen) atoms. The SMILES string of the molecule is CCNc1ncnc(Nc2cc(Br)ccc2C)c1C. The Morgan fingerprint density at radius 1 is 1.16 bits per heavy atom. The molecular formula is C14H17BrN4. The minimum absolute atomic E-state index is 0.826. The van der Waals surface area contributed by atoms with Crippen LogP contribution in [-0.4, -0.2) is 16.5 Å². The van der Waals surface area contributed by atoms with Crippen LogP contribution in [0.25, 0.3) is 0 Å². The third kappa shape index (κ3) is 3.23. The van der Waals surface area contributed by atoms with Crippen LogP contribution in [0.1, 0.15) is 18.1 Å². The molecule has 2 aromatic rings. The van der Waals surface area contributed by atoms with Gasteiger partial charge in [-0.25, -0.2) is 9.97 Å². The van der Waals surface area contributed by atoms with Gasteiger partial charge >= 0.3 is 0 Å². The largest absolute Gasteiger partial charge is 0.370 e. The lowest BCUT2D eigenvalue weighted by Gasteiger charge is -2.13. The molecule has 0 aliphatic heterocycles. The van der Waals surface area contributed by atoms with Crippen LogP contribution in [0.3, 0.4) is 0 Å². The zero-order valence-corrected chi connectivity index (χ0v) is 12.9. The zero-order chi connectivity index (χ0) is 13.8. The third-order valence-electron chi connectivity index (χ3n) is 2.88. The van der Waals surface area contributed by atoms with Crippen molar-refractivity contribution < 1.29 is 0 Å². The number of hydrogen-bond acceptors (Lipinski definition) is 4. The molecule has 2 rings (SSSR count). The first kappa shape index (κ1) is 13.8. The van der Waals surface area contributed by atoms with Gasteiger partial charge in [0.15, 0.2) is 0 Å². The van der Waals surface area contributed by atoms with E-state index >= 15 is 0 Å². The summed E-state index contributed by atoms with van der Waals surface area (Å²) in [6, 6.07) is 6.13. The second-order valence-corrected chi connectivity index (χ2v) is 5.23. The molecule has 4 nitrogen and oxygen atoms in total. The molecular weight excluding hydrogens is 304 g/mol. The highest BCUT2D eigenvalue weighted by atomic mass is 79.9. The van der Waals surface area contributed by atoms with Crippen LogP contribution in [0, 0.1) is 13.8 Å². The van der Waals surface area contributed by atoms with E-state index in [9.17, 15) is 0 Å². The lowest BCUT2D eigenvalue weighted by atomic mass is 10.2. The maximum atomic E-state index is 4.31. The summed E-state index contributed by atoms with van der Waals surface area (Å²) in [5.74, 6) is 1.69. The molecule has 0 aliphatic carbocycles. The highest BCUT2D eigenvalue weighted by molar-refractivity contribution is 9.10. The Kier molecular flexibility index (Phi) is 4.37. The van der Waals surface area contributed by atoms with Gasteiger partial charge in [-0.15, -0.1) is 0 Å². The Morgan fingerprint density at radius 3 is 2.63 bits per heavy atom. The number of halogens is 1. The van der Waals surface area contributed by atoms with Gasteiger partial charge in [0.25, 0.3) is 0 Å². The molecule has 1 aromatic carbocycles. The monoisotopic (exact) mass is 320 g/mol. The summed E-state index contributed by atoms with van der Waals surface area (Å²) in [5.41, 5.74) is 3.23. The lowest BCUT2D eigenvalue weighted by Crippen LogP contribution is -2.06. The van der Waals surface area contributed by atoms with E-state index in [-0.39, 0.29) is 0 Å². The van der Waals surface area contributed by atoms with Gasteiger partial charge in [-0.05, 0) is 38.5 Å². The minimum Gasteiger partial charge on any atom is -0.370 e. The molecule has 0 fully saturated rings. The van der Waals surface area contributed by atoms with Crippen molar-refractivity contribution in [2.24, 2.45) is 0 Å². The molecule has 0 bridgehead atoms. The van der Waals surface area contributed by atoms with Gasteiger partial charge in [-0.3, -0.25) is 0 Å². The summed E-state index contributed by atoms with van der Waals surface area (Å²) in [5, 5.41) is 6.59. The molecule has 5 heteroatoms. The van der Waals surface area contributed by atoms with Crippen LogP contribution in [0.2, 0.25) is 0 Å². The van der Waals surface area contributed by atoms with Crippen LogP contribution in [0.15, 0.2) is 29.0 Å². The van der Waals surface area contributed by atoms with Crippen LogP contribution in [0.5, 0.6) is 0 Å². The van der Waals surface area contributed by atoms with E-state index in [2.05, 4.69) is 49.5 Å². The van der Waals surface area contributed by atoms with Crippen LogP contribution in [-0.2, 0) is 0 Å². The molecule has 2 N–H and O–H groups in total. The molecule has 0 unspecified atom stereocenters. The van der Waals surface area contributed by atoms with Crippen molar-refractivity contribution >= 4 is 33.3 Å². The normalized spacial score (nSPS) is 10.3. The van der Waals surface area contributed by atoms with Gasteiger partial charge in [0.1, 0.15) is 18.0 Å². The summed E-state index contributed by atoms with van der Waals surface area (Å²) in [7, 11) is 0. The van der Waals surface area contributed by atoms with Crippen LogP contribution in [0.4, 0.5) is 17.3 Å². The van der Waals surface area contributed by atoms with Gasteiger partial charge < -0.3 is 10.6 Å². The highest BCUT2D eigenvalue weighted by Crippen LogP contribution is 2.26. The van der Waals surface area contributed by atoms with E-state index in [1.54, 1.807) is 6.33 Å². The molecule has 0 radical (unpaired) electrons. The maximum Gasteiger partial charge on any atom is 0.138 e. The van der Waals surface area contributed by atoms with Crippen LogP contribution >= 0.6 is 15.9 Å². The first-order chi connectivity index (χ1) is 9.11. The molecule has 0 saturated carbocycles. The van der Waals surface area contributed by atoms with Crippen molar-refractivity contribution in [1.82, 2.24) is 9.97 Å². The van der Waals surface area contributed by atoms with Gasteiger partial charge in [0.2, 0.25) is 0 Å². The van der Waals surface area contributed by atoms with Gasteiger partial charge in [-0.1, -0.05) is 22.0 Å². The smallest absolute Gasteiger partial charge is 0.138 e. The van der Waals surface area contributed by atoms with Crippen molar-refractivity contribution in [3.63, 3.8) is 0 Å². The number of hydrogen-bond donors (Lipinski definition) is 2. The van der Waals surface area contributed by atoms with Gasteiger partial charge in [-0.2, -0.15) is 0 Å². The van der Waals surface area contributed by atoms with E-state index < -0.39 is 0 Å². The summed E-state index contributed by atoms with van der Waals surface area (Å²) in [4.78, 5) is 8.55. The first-order valence-corrected chi connectivity index (χ1v) is 6.99. The Balaban J connectivity index is 2.33. The van der Waals surface area contributed by atoms with E-state index in [1.807, 2.05) is 26.0 Å². The fourth-order valence-electron chi connectivity index (χ4n) is 1.78. The first-order valence-electron chi connectivity index (χ1n) is 6.20. The number of aromatic nitrogens is 2. The Morgan fingerprint density at radius 2 is 1.89 bits per heavy atom. The molecule has 1 aromatic heterocycles. The fraction of sp³-hybridized carbons (Fsp3) is 0.286. The van der Waals surface area contributed by atoms with Crippen molar-refractivity contribution in [2.45, 2.75) is 20.8 Å². The fourth-order valence-corrected chi connectivity index (χ4v) is 2.14. The maximum absolute atomic E-state index is 4.31. The standard InChI is InChI=1S/C14H17BrN4/c1-4-16-13-10(3)14(18-8-17-13)19-12-7-11(15)6-5-9(12)2/h5-8H,4H2,1-3H3,(H2,16,17,18,19). The molecule has 1 heterocycles. The van der Waals surface area contributed by atoms with E-state index in [4.69, 9.17) is 0 Å². The highest BCUT2D eigenvalue weighted by Gasteiger charge is 2.08. The molecule has 0 spiro atoms. The van der Waals surface area contributed by atoms with Crippen molar-refractivity contribution in [3.05, 3.63) is 40.1 Å². The molecule has 0 amide bonds. The predicted octanol–water partition coefficient (Wildman–Crippen LogP) is 4.03. The Bertz CT molecular complexity index is 584. The number of benzene rings is 1. The summed E-state index contributed by atoms with van der Waals surface area (Å²) in [6.45, 7) is 6.96. The van der Waals surface area contributed by atoms with Crippen molar-refractivity contribution in [1.29, 1.82) is 0 Å². The summed E-state index contributed by atoms with van der Waals surface area (Å²) in [6.07, 6.45) is 1.57. The third-order valence-corrected chi connectivity index (χ3v) is 3.37. The minimum atomic E-state index is 0.826. The average molecular weight is 321 g/mol. The molecule has 0 aliphatic rings. The van der Waals surface area contributed by atoms with E-state index in [0.29, 0.717) is 0 Å². The zero-order valence-electron chi connectivity index (χ0n) is 11.3. The van der Waals surface area contributed by atoms with Gasteiger partial charge in [0, 0.05) is 22.3 Å². The number of anilines is 3. The number of aryl methyl sites for hydroxylation is 1. The van der Waals surface area contributed by atoms with Crippen molar-refractivity contribution in [3.8, 4) is 0 Å². The second-order valence-electron chi connectivity index (χ2n) is 4.31. The molecule has 0 atom stereocenters. The van der Waals surface area contributed by atoms with E-state index in [0.717, 1.165) is 33.9 Å². The number of nitrogens with zero attached hydrogens (tertiary/aromatic N) is 2. The topological polar surface area (TPSA) is 49.8 Å². The number of nitrogens with one attached hydrogen (secondary N) is 2. The van der Waals surface area contributed by atoms with Crippen molar-refractivity contribution in [2.75, 3.05) is 17.2 Å².